The van der Waals surface area contributed by atoms with E-state index in [2.05, 4.69) is 20.8 Å². The van der Waals surface area contributed by atoms with Crippen LogP contribution in [-0.4, -0.2) is 0 Å². The maximum atomic E-state index is 4.21. The van der Waals surface area contributed by atoms with E-state index in [1.165, 1.54) is 19.3 Å². The molecule has 3 aliphatic carbocycles. The quantitative estimate of drug-likeness (QED) is 0.481. The SMILES string of the molecule is [CH2]C1CCC2CC1C2(C)C. The highest BCUT2D eigenvalue weighted by Crippen LogP contribution is 2.60. The van der Waals surface area contributed by atoms with Crippen molar-refractivity contribution in [3.8, 4) is 0 Å². The molecule has 0 aromatic rings. The van der Waals surface area contributed by atoms with Gasteiger partial charge in [0, 0.05) is 0 Å². The number of hydrogen-bond donors (Lipinski definition) is 0. The molecule has 0 heteroatoms. The van der Waals surface area contributed by atoms with Crippen molar-refractivity contribution < 1.29 is 0 Å². The lowest BCUT2D eigenvalue weighted by Gasteiger charge is -2.59. The van der Waals surface area contributed by atoms with Crippen molar-refractivity contribution in [3.63, 3.8) is 0 Å². The second kappa shape index (κ2) is 1.78. The van der Waals surface area contributed by atoms with Crippen molar-refractivity contribution >= 4 is 0 Å². The first-order valence-electron chi connectivity index (χ1n) is 4.45. The van der Waals surface area contributed by atoms with E-state index < -0.39 is 0 Å². The minimum Gasteiger partial charge on any atom is -0.0594 e. The van der Waals surface area contributed by atoms with Gasteiger partial charge in [-0.25, -0.2) is 0 Å². The molecule has 0 aromatic carbocycles. The van der Waals surface area contributed by atoms with Crippen LogP contribution >= 0.6 is 0 Å². The van der Waals surface area contributed by atoms with Gasteiger partial charge in [-0.15, -0.1) is 0 Å². The summed E-state index contributed by atoms with van der Waals surface area (Å²) >= 11 is 0. The summed E-state index contributed by atoms with van der Waals surface area (Å²) in [6, 6.07) is 0. The van der Waals surface area contributed by atoms with Crippen molar-refractivity contribution in [3.05, 3.63) is 6.92 Å². The molecule has 0 aliphatic heterocycles. The normalized spacial score (nSPS) is 50.1. The predicted molar refractivity (Wildman–Crippen MR) is 43.5 cm³/mol. The fourth-order valence-electron chi connectivity index (χ4n) is 2.96. The van der Waals surface area contributed by atoms with Gasteiger partial charge in [0.1, 0.15) is 0 Å². The minimum absolute atomic E-state index is 0.644. The second-order valence-corrected chi connectivity index (χ2v) is 4.70. The summed E-state index contributed by atoms with van der Waals surface area (Å²) in [6.07, 6.45) is 4.30. The van der Waals surface area contributed by atoms with E-state index in [0.717, 1.165) is 17.8 Å². The lowest BCUT2D eigenvalue weighted by atomic mass is 9.46. The van der Waals surface area contributed by atoms with Crippen LogP contribution in [0.1, 0.15) is 33.1 Å². The van der Waals surface area contributed by atoms with Gasteiger partial charge >= 0.3 is 0 Å². The molecule has 0 aromatic heterocycles. The Morgan fingerprint density at radius 2 is 2.00 bits per heavy atom. The molecule has 3 atom stereocenters. The average molecular weight is 137 g/mol. The van der Waals surface area contributed by atoms with E-state index in [1.807, 2.05) is 0 Å². The van der Waals surface area contributed by atoms with E-state index in [9.17, 15) is 0 Å². The molecular formula is C10H17. The van der Waals surface area contributed by atoms with Crippen LogP contribution in [0.4, 0.5) is 0 Å². The number of fused-ring (bicyclic) bond motifs is 2. The Kier molecular flexibility index (Phi) is 1.19. The molecular weight excluding hydrogens is 120 g/mol. The fraction of sp³-hybridized carbons (Fsp3) is 0.900. The van der Waals surface area contributed by atoms with Crippen LogP contribution in [0, 0.1) is 30.1 Å². The Bertz CT molecular complexity index is 144. The first kappa shape index (κ1) is 6.69. The molecule has 10 heavy (non-hydrogen) atoms. The molecule has 3 unspecified atom stereocenters. The van der Waals surface area contributed by atoms with E-state index in [0.29, 0.717) is 5.41 Å². The first-order valence-corrected chi connectivity index (χ1v) is 4.45. The largest absolute Gasteiger partial charge is 0.0594 e. The number of hydrogen-bond acceptors (Lipinski definition) is 0. The maximum absolute atomic E-state index is 4.21. The van der Waals surface area contributed by atoms with Crippen LogP contribution in [0.3, 0.4) is 0 Å². The van der Waals surface area contributed by atoms with E-state index >= 15 is 0 Å². The molecule has 3 aliphatic rings. The monoisotopic (exact) mass is 137 g/mol. The van der Waals surface area contributed by atoms with Crippen molar-refractivity contribution in [2.75, 3.05) is 0 Å². The van der Waals surface area contributed by atoms with E-state index in [4.69, 9.17) is 0 Å². The van der Waals surface area contributed by atoms with Gasteiger partial charge in [0.25, 0.3) is 0 Å². The highest BCUT2D eigenvalue weighted by molar-refractivity contribution is 5.03. The van der Waals surface area contributed by atoms with Crippen molar-refractivity contribution in [1.82, 2.24) is 0 Å². The Morgan fingerprint density at radius 1 is 1.30 bits per heavy atom. The van der Waals surface area contributed by atoms with Crippen molar-refractivity contribution in [1.29, 1.82) is 0 Å². The molecule has 1 radical (unpaired) electrons. The van der Waals surface area contributed by atoms with Gasteiger partial charge in [-0.1, -0.05) is 13.8 Å². The van der Waals surface area contributed by atoms with Crippen LogP contribution in [0.15, 0.2) is 0 Å². The third kappa shape index (κ3) is 0.627. The van der Waals surface area contributed by atoms with Gasteiger partial charge in [-0.2, -0.15) is 0 Å². The topological polar surface area (TPSA) is 0 Å². The molecule has 0 spiro atoms. The third-order valence-corrected chi connectivity index (χ3v) is 4.00. The second-order valence-electron chi connectivity index (χ2n) is 4.70. The fourth-order valence-corrected chi connectivity index (χ4v) is 2.96. The van der Waals surface area contributed by atoms with Gasteiger partial charge in [0.2, 0.25) is 0 Å². The zero-order valence-electron chi connectivity index (χ0n) is 7.06. The van der Waals surface area contributed by atoms with Crippen LogP contribution in [-0.2, 0) is 0 Å². The summed E-state index contributed by atoms with van der Waals surface area (Å²) in [7, 11) is 0. The summed E-state index contributed by atoms with van der Waals surface area (Å²) in [5, 5.41) is 0. The molecule has 3 saturated carbocycles. The van der Waals surface area contributed by atoms with Gasteiger partial charge in [-0.3, -0.25) is 0 Å². The summed E-state index contributed by atoms with van der Waals surface area (Å²) in [4.78, 5) is 0. The molecule has 57 valence electrons. The highest BCUT2D eigenvalue weighted by Gasteiger charge is 2.52. The summed E-state index contributed by atoms with van der Waals surface area (Å²) in [6.45, 7) is 9.05. The zero-order valence-corrected chi connectivity index (χ0v) is 7.06. The predicted octanol–water partition coefficient (Wildman–Crippen LogP) is 2.89. The van der Waals surface area contributed by atoms with Crippen LogP contribution in [0.2, 0.25) is 0 Å². The molecule has 0 nitrogen and oxygen atoms in total. The highest BCUT2D eigenvalue weighted by atomic mass is 14.6. The smallest absolute Gasteiger partial charge is 0.0295 e. The first-order chi connectivity index (χ1) is 4.62. The zero-order chi connectivity index (χ0) is 7.35. The van der Waals surface area contributed by atoms with E-state index in [-0.39, 0.29) is 0 Å². The average Bonchev–Trinajstić information content (AvgIpc) is 1.87. The Morgan fingerprint density at radius 3 is 2.30 bits per heavy atom. The maximum Gasteiger partial charge on any atom is -0.0295 e. The van der Waals surface area contributed by atoms with Gasteiger partial charge in [-0.05, 0) is 49.4 Å². The van der Waals surface area contributed by atoms with Crippen LogP contribution < -0.4 is 0 Å². The Labute approximate surface area is 64.0 Å². The van der Waals surface area contributed by atoms with Crippen molar-refractivity contribution in [2.24, 2.45) is 23.2 Å². The summed E-state index contributed by atoms with van der Waals surface area (Å²) in [5.41, 5.74) is 0.644. The molecule has 0 N–H and O–H groups in total. The summed E-state index contributed by atoms with van der Waals surface area (Å²) in [5.74, 6) is 2.75. The molecule has 3 fully saturated rings. The molecule has 0 heterocycles. The van der Waals surface area contributed by atoms with E-state index in [1.54, 1.807) is 0 Å². The molecule has 0 amide bonds. The molecule has 0 saturated heterocycles. The Hall–Kier alpha value is 0. The van der Waals surface area contributed by atoms with Gasteiger partial charge < -0.3 is 0 Å². The molecule has 2 bridgehead atoms. The van der Waals surface area contributed by atoms with Crippen LogP contribution in [0.5, 0.6) is 0 Å². The molecule has 3 rings (SSSR count). The van der Waals surface area contributed by atoms with Gasteiger partial charge in [0.15, 0.2) is 0 Å². The summed E-state index contributed by atoms with van der Waals surface area (Å²) < 4.78 is 0. The van der Waals surface area contributed by atoms with Crippen molar-refractivity contribution in [2.45, 2.75) is 33.1 Å². The lowest BCUT2D eigenvalue weighted by molar-refractivity contribution is -0.0912. The third-order valence-electron chi connectivity index (χ3n) is 4.00. The number of rotatable bonds is 0. The van der Waals surface area contributed by atoms with Crippen LogP contribution in [0.25, 0.3) is 0 Å². The minimum atomic E-state index is 0.644. The Balaban J connectivity index is 2.16. The lowest BCUT2D eigenvalue weighted by Crippen LogP contribution is -2.51. The van der Waals surface area contributed by atoms with Gasteiger partial charge in [0.05, 0.1) is 0 Å². The standard InChI is InChI=1S/C10H17/c1-7-4-5-8-6-9(7)10(8,2)3/h7-9H,1,4-6H2,2-3H3.